The third kappa shape index (κ3) is 2.45. The molecule has 116 valence electrons. The van der Waals surface area contributed by atoms with Gasteiger partial charge in [0.25, 0.3) is 0 Å². The molecule has 2 aliphatic rings. The van der Waals surface area contributed by atoms with Crippen LogP contribution in [0.3, 0.4) is 0 Å². The smallest absolute Gasteiger partial charge is 0.243 e. The highest BCUT2D eigenvalue weighted by atomic mass is 32.2. The Hall–Kier alpha value is -1.11. The highest BCUT2D eigenvalue weighted by Crippen LogP contribution is 2.42. The SMILES string of the molecule is CCOC1C2CCC1N(S(=O)(=O)c1ccc(OC)cc1)C2. The van der Waals surface area contributed by atoms with Gasteiger partial charge in [0, 0.05) is 19.1 Å². The van der Waals surface area contributed by atoms with Gasteiger partial charge in [0.15, 0.2) is 0 Å². The van der Waals surface area contributed by atoms with Crippen molar-refractivity contribution in [1.82, 2.24) is 4.31 Å². The van der Waals surface area contributed by atoms with E-state index in [2.05, 4.69) is 0 Å². The maximum absolute atomic E-state index is 12.8. The van der Waals surface area contributed by atoms with Gasteiger partial charge in [-0.05, 0) is 44.0 Å². The summed E-state index contributed by atoms with van der Waals surface area (Å²) < 4.78 is 38.1. The average Bonchev–Trinajstić information content (AvgIpc) is 3.05. The van der Waals surface area contributed by atoms with Crippen LogP contribution in [0.15, 0.2) is 29.2 Å². The number of methoxy groups -OCH3 is 1. The lowest BCUT2D eigenvalue weighted by Gasteiger charge is -2.26. The second-order valence-corrected chi connectivity index (χ2v) is 7.47. The normalized spacial score (nSPS) is 29.0. The third-order valence-corrected chi connectivity index (χ3v) is 6.39. The van der Waals surface area contributed by atoms with E-state index in [1.54, 1.807) is 35.7 Å². The van der Waals surface area contributed by atoms with Crippen molar-refractivity contribution in [3.05, 3.63) is 24.3 Å². The summed E-state index contributed by atoms with van der Waals surface area (Å²) in [5, 5.41) is 0. The van der Waals surface area contributed by atoms with E-state index >= 15 is 0 Å². The summed E-state index contributed by atoms with van der Waals surface area (Å²) in [6, 6.07) is 6.57. The average molecular weight is 311 g/mol. The van der Waals surface area contributed by atoms with Gasteiger partial charge in [0.1, 0.15) is 5.75 Å². The summed E-state index contributed by atoms with van der Waals surface area (Å²) in [5.41, 5.74) is 0. The van der Waals surface area contributed by atoms with E-state index in [4.69, 9.17) is 9.47 Å². The van der Waals surface area contributed by atoms with Crippen molar-refractivity contribution in [1.29, 1.82) is 0 Å². The minimum absolute atomic E-state index is 0.0120. The van der Waals surface area contributed by atoms with E-state index in [0.29, 0.717) is 29.7 Å². The van der Waals surface area contributed by atoms with Crippen molar-refractivity contribution >= 4 is 10.0 Å². The first-order valence-corrected chi connectivity index (χ1v) is 8.79. The van der Waals surface area contributed by atoms with Crippen LogP contribution in [0, 0.1) is 5.92 Å². The number of benzene rings is 1. The van der Waals surface area contributed by atoms with Crippen molar-refractivity contribution in [2.24, 2.45) is 5.92 Å². The highest BCUT2D eigenvalue weighted by molar-refractivity contribution is 7.89. The van der Waals surface area contributed by atoms with Gasteiger partial charge in [-0.1, -0.05) is 0 Å². The number of sulfonamides is 1. The van der Waals surface area contributed by atoms with Crippen LogP contribution >= 0.6 is 0 Å². The quantitative estimate of drug-likeness (QED) is 0.833. The van der Waals surface area contributed by atoms with E-state index in [0.717, 1.165) is 12.8 Å². The minimum Gasteiger partial charge on any atom is -0.497 e. The van der Waals surface area contributed by atoms with E-state index < -0.39 is 10.0 Å². The molecule has 6 heteroatoms. The number of ether oxygens (including phenoxy) is 2. The Kier molecular flexibility index (Phi) is 3.94. The molecular weight excluding hydrogens is 290 g/mol. The van der Waals surface area contributed by atoms with Crippen LogP contribution in [0.5, 0.6) is 5.75 Å². The Balaban J connectivity index is 1.85. The molecule has 1 aromatic carbocycles. The molecule has 3 rings (SSSR count). The Morgan fingerprint density at radius 1 is 1.24 bits per heavy atom. The molecule has 2 fully saturated rings. The lowest BCUT2D eigenvalue weighted by Crippen LogP contribution is -2.39. The maximum atomic E-state index is 12.8. The van der Waals surface area contributed by atoms with Crippen molar-refractivity contribution < 1.29 is 17.9 Å². The fourth-order valence-electron chi connectivity index (χ4n) is 3.50. The maximum Gasteiger partial charge on any atom is 0.243 e. The van der Waals surface area contributed by atoms with Crippen LogP contribution in [0.1, 0.15) is 19.8 Å². The molecule has 1 aliphatic carbocycles. The van der Waals surface area contributed by atoms with Gasteiger partial charge in [-0.2, -0.15) is 4.31 Å². The zero-order valence-corrected chi connectivity index (χ0v) is 13.2. The molecule has 0 amide bonds. The molecule has 21 heavy (non-hydrogen) atoms. The van der Waals surface area contributed by atoms with Crippen LogP contribution in [0.2, 0.25) is 0 Å². The number of piperidine rings is 1. The monoisotopic (exact) mass is 311 g/mol. The number of hydrogen-bond donors (Lipinski definition) is 0. The molecule has 0 N–H and O–H groups in total. The first-order valence-electron chi connectivity index (χ1n) is 7.35. The van der Waals surface area contributed by atoms with Crippen LogP contribution in [-0.2, 0) is 14.8 Å². The molecule has 2 bridgehead atoms. The topological polar surface area (TPSA) is 55.8 Å². The van der Waals surface area contributed by atoms with Gasteiger partial charge in [-0.15, -0.1) is 0 Å². The zero-order chi connectivity index (χ0) is 15.0. The van der Waals surface area contributed by atoms with E-state index in [1.165, 1.54) is 0 Å². The second kappa shape index (κ2) is 5.59. The number of hydrogen-bond acceptors (Lipinski definition) is 4. The summed E-state index contributed by atoms with van der Waals surface area (Å²) >= 11 is 0. The van der Waals surface area contributed by atoms with Crippen molar-refractivity contribution in [2.45, 2.75) is 36.8 Å². The molecule has 0 aromatic heterocycles. The molecule has 5 nitrogen and oxygen atoms in total. The van der Waals surface area contributed by atoms with Gasteiger partial charge in [-0.3, -0.25) is 0 Å². The van der Waals surface area contributed by atoms with Gasteiger partial charge in [-0.25, -0.2) is 8.42 Å². The summed E-state index contributed by atoms with van der Waals surface area (Å²) in [5.74, 6) is 0.993. The largest absolute Gasteiger partial charge is 0.497 e. The minimum atomic E-state index is -3.45. The number of rotatable bonds is 5. The molecule has 3 atom stereocenters. The first kappa shape index (κ1) is 14.8. The van der Waals surface area contributed by atoms with E-state index in [1.807, 2.05) is 6.92 Å². The Morgan fingerprint density at radius 3 is 2.57 bits per heavy atom. The third-order valence-electron chi connectivity index (χ3n) is 4.49. The summed E-state index contributed by atoms with van der Waals surface area (Å²) in [6.45, 7) is 3.16. The van der Waals surface area contributed by atoms with Crippen molar-refractivity contribution in [3.8, 4) is 5.75 Å². The summed E-state index contributed by atoms with van der Waals surface area (Å²) in [7, 11) is -1.88. The molecule has 1 saturated carbocycles. The van der Waals surface area contributed by atoms with Gasteiger partial charge in [0.05, 0.1) is 24.2 Å². The lowest BCUT2D eigenvalue weighted by molar-refractivity contribution is 0.0425. The molecule has 0 spiro atoms. The standard InChI is InChI=1S/C15H21NO4S/c1-3-20-15-11-4-9-14(15)16(10-11)21(17,18)13-7-5-12(19-2)6-8-13/h5-8,11,14-15H,3-4,9-10H2,1-2H3. The molecule has 0 radical (unpaired) electrons. The van der Waals surface area contributed by atoms with Crippen LogP contribution in [0.4, 0.5) is 0 Å². The van der Waals surface area contributed by atoms with Crippen molar-refractivity contribution in [2.75, 3.05) is 20.3 Å². The highest BCUT2D eigenvalue weighted by Gasteiger charge is 2.51. The second-order valence-electron chi connectivity index (χ2n) is 5.57. The van der Waals surface area contributed by atoms with Crippen LogP contribution < -0.4 is 4.74 Å². The van der Waals surface area contributed by atoms with Gasteiger partial charge < -0.3 is 9.47 Å². The first-order chi connectivity index (χ1) is 10.1. The molecule has 1 aliphatic heterocycles. The predicted octanol–water partition coefficient (Wildman–Crippen LogP) is 1.88. The number of nitrogens with zero attached hydrogens (tertiary/aromatic N) is 1. The predicted molar refractivity (Wildman–Crippen MR) is 78.8 cm³/mol. The lowest BCUT2D eigenvalue weighted by atomic mass is 10.1. The fraction of sp³-hybridized carbons (Fsp3) is 0.600. The van der Waals surface area contributed by atoms with Crippen molar-refractivity contribution in [3.63, 3.8) is 0 Å². The molecule has 1 saturated heterocycles. The van der Waals surface area contributed by atoms with Gasteiger partial charge in [0.2, 0.25) is 10.0 Å². The Morgan fingerprint density at radius 2 is 1.95 bits per heavy atom. The summed E-state index contributed by atoms with van der Waals surface area (Å²) in [6.07, 6.45) is 2.01. The fourth-order valence-corrected chi connectivity index (χ4v) is 5.22. The molecule has 3 unspecified atom stereocenters. The Bertz CT molecular complexity index is 599. The van der Waals surface area contributed by atoms with Crippen LogP contribution in [0.25, 0.3) is 0 Å². The van der Waals surface area contributed by atoms with Gasteiger partial charge >= 0.3 is 0 Å². The number of fused-ring (bicyclic) bond motifs is 2. The molecule has 1 aromatic rings. The molecule has 1 heterocycles. The summed E-state index contributed by atoms with van der Waals surface area (Å²) in [4.78, 5) is 0.325. The Labute approximate surface area is 125 Å². The molecular formula is C15H21NO4S. The van der Waals surface area contributed by atoms with E-state index in [-0.39, 0.29) is 12.1 Å². The van der Waals surface area contributed by atoms with E-state index in [9.17, 15) is 8.42 Å². The van der Waals surface area contributed by atoms with Crippen LogP contribution in [-0.4, -0.2) is 45.1 Å². The zero-order valence-electron chi connectivity index (χ0n) is 12.4.